The van der Waals surface area contributed by atoms with Crippen molar-refractivity contribution < 1.29 is 8.42 Å². The van der Waals surface area contributed by atoms with Crippen molar-refractivity contribution in [2.24, 2.45) is 5.73 Å². The summed E-state index contributed by atoms with van der Waals surface area (Å²) in [6, 6.07) is 0. The molecule has 3 nitrogen and oxygen atoms in total. The standard InChI is InChI=1S/C6H11NO2S/c1-10(8,9)5-4-6(7)2-3-6/h4-5H,2-3,7H2,1H3/b5-4+. The number of rotatable bonds is 2. The Kier molecular flexibility index (Phi) is 1.60. The number of nitrogens with two attached hydrogens (primary N) is 1. The van der Waals surface area contributed by atoms with Gasteiger partial charge >= 0.3 is 0 Å². The van der Waals surface area contributed by atoms with E-state index in [0.29, 0.717) is 0 Å². The highest BCUT2D eigenvalue weighted by Gasteiger charge is 2.35. The minimum absolute atomic E-state index is 0.302. The van der Waals surface area contributed by atoms with Crippen LogP contribution in [-0.4, -0.2) is 20.2 Å². The van der Waals surface area contributed by atoms with Gasteiger partial charge < -0.3 is 5.73 Å². The van der Waals surface area contributed by atoms with E-state index in [9.17, 15) is 8.42 Å². The molecule has 0 spiro atoms. The summed E-state index contributed by atoms with van der Waals surface area (Å²) in [5, 5.41) is 1.18. The molecule has 0 aromatic heterocycles. The quantitative estimate of drug-likeness (QED) is 0.622. The smallest absolute Gasteiger partial charge is 0.168 e. The van der Waals surface area contributed by atoms with Crippen LogP contribution in [0.5, 0.6) is 0 Å². The van der Waals surface area contributed by atoms with Gasteiger partial charge in [0.25, 0.3) is 0 Å². The van der Waals surface area contributed by atoms with E-state index in [4.69, 9.17) is 5.73 Å². The Morgan fingerprint density at radius 1 is 1.50 bits per heavy atom. The fourth-order valence-electron chi connectivity index (χ4n) is 0.570. The summed E-state index contributed by atoms with van der Waals surface area (Å²) in [7, 11) is -2.98. The van der Waals surface area contributed by atoms with Crippen molar-refractivity contribution in [2.45, 2.75) is 18.4 Å². The van der Waals surface area contributed by atoms with Crippen molar-refractivity contribution in [3.63, 3.8) is 0 Å². The number of hydrogen-bond acceptors (Lipinski definition) is 3. The van der Waals surface area contributed by atoms with Gasteiger partial charge in [0.1, 0.15) is 0 Å². The van der Waals surface area contributed by atoms with Gasteiger partial charge in [0.05, 0.1) is 0 Å². The second-order valence-electron chi connectivity index (χ2n) is 2.87. The lowest BCUT2D eigenvalue weighted by Gasteiger charge is -1.96. The Hall–Kier alpha value is -0.350. The van der Waals surface area contributed by atoms with Gasteiger partial charge in [-0.1, -0.05) is 6.08 Å². The van der Waals surface area contributed by atoms with Crippen molar-refractivity contribution in [3.8, 4) is 0 Å². The molecule has 0 aromatic rings. The van der Waals surface area contributed by atoms with Gasteiger partial charge in [-0.05, 0) is 12.8 Å². The summed E-state index contributed by atoms with van der Waals surface area (Å²) < 4.78 is 21.1. The lowest BCUT2D eigenvalue weighted by Crippen LogP contribution is -2.17. The van der Waals surface area contributed by atoms with Crippen LogP contribution < -0.4 is 5.73 Å². The van der Waals surface area contributed by atoms with E-state index in [1.54, 1.807) is 6.08 Å². The van der Waals surface area contributed by atoms with Crippen LogP contribution in [-0.2, 0) is 9.84 Å². The minimum atomic E-state index is -2.98. The molecule has 0 aliphatic heterocycles. The van der Waals surface area contributed by atoms with E-state index in [1.807, 2.05) is 0 Å². The molecule has 0 unspecified atom stereocenters. The zero-order valence-electron chi connectivity index (χ0n) is 5.87. The van der Waals surface area contributed by atoms with Crippen molar-refractivity contribution in [2.75, 3.05) is 6.26 Å². The van der Waals surface area contributed by atoms with Crippen molar-refractivity contribution in [3.05, 3.63) is 11.5 Å². The summed E-state index contributed by atoms with van der Waals surface area (Å²) in [5.74, 6) is 0. The molecule has 0 heterocycles. The highest BCUT2D eigenvalue weighted by atomic mass is 32.2. The predicted octanol–water partition coefficient (Wildman–Crippen LogP) is 0.0360. The Bertz CT molecular complexity index is 249. The summed E-state index contributed by atoms with van der Waals surface area (Å²) in [6.45, 7) is 0. The average molecular weight is 161 g/mol. The molecule has 1 fully saturated rings. The maximum atomic E-state index is 10.6. The SMILES string of the molecule is CS(=O)(=O)/C=C/C1(N)CC1. The van der Waals surface area contributed by atoms with E-state index < -0.39 is 9.84 Å². The largest absolute Gasteiger partial charge is 0.322 e. The minimum Gasteiger partial charge on any atom is -0.322 e. The van der Waals surface area contributed by atoms with E-state index in [2.05, 4.69) is 0 Å². The van der Waals surface area contributed by atoms with Crippen LogP contribution in [0.2, 0.25) is 0 Å². The third-order valence-corrected chi connectivity index (χ3v) is 2.10. The van der Waals surface area contributed by atoms with Crippen LogP contribution in [0.25, 0.3) is 0 Å². The van der Waals surface area contributed by atoms with Gasteiger partial charge in [-0.3, -0.25) is 0 Å². The third-order valence-electron chi connectivity index (χ3n) is 1.47. The van der Waals surface area contributed by atoms with Crippen LogP contribution in [0.1, 0.15) is 12.8 Å². The topological polar surface area (TPSA) is 60.2 Å². The molecule has 0 bridgehead atoms. The molecule has 1 rings (SSSR count). The lowest BCUT2D eigenvalue weighted by molar-refractivity contribution is 0.609. The van der Waals surface area contributed by atoms with E-state index in [-0.39, 0.29) is 5.54 Å². The summed E-state index contributed by atoms with van der Waals surface area (Å²) in [5.41, 5.74) is 5.30. The van der Waals surface area contributed by atoms with Crippen LogP contribution in [0.15, 0.2) is 11.5 Å². The zero-order valence-corrected chi connectivity index (χ0v) is 6.69. The van der Waals surface area contributed by atoms with Gasteiger partial charge in [-0.25, -0.2) is 8.42 Å². The molecule has 1 aliphatic rings. The molecule has 1 saturated carbocycles. The van der Waals surface area contributed by atoms with E-state index in [1.165, 1.54) is 5.41 Å². The van der Waals surface area contributed by atoms with E-state index in [0.717, 1.165) is 19.1 Å². The van der Waals surface area contributed by atoms with E-state index >= 15 is 0 Å². The first-order valence-electron chi connectivity index (χ1n) is 3.10. The lowest BCUT2D eigenvalue weighted by atomic mass is 10.3. The number of hydrogen-bond donors (Lipinski definition) is 1. The monoisotopic (exact) mass is 161 g/mol. The van der Waals surface area contributed by atoms with Crippen LogP contribution in [0.4, 0.5) is 0 Å². The highest BCUT2D eigenvalue weighted by Crippen LogP contribution is 2.33. The zero-order chi connectivity index (χ0) is 7.83. The van der Waals surface area contributed by atoms with Gasteiger partial charge in [-0.15, -0.1) is 0 Å². The molecule has 10 heavy (non-hydrogen) atoms. The summed E-state index contributed by atoms with van der Waals surface area (Å²) in [4.78, 5) is 0. The highest BCUT2D eigenvalue weighted by molar-refractivity contribution is 7.93. The van der Waals surface area contributed by atoms with Crippen molar-refractivity contribution in [1.82, 2.24) is 0 Å². The fourth-order valence-corrected chi connectivity index (χ4v) is 1.09. The molecule has 0 aromatic carbocycles. The van der Waals surface area contributed by atoms with Crippen LogP contribution in [0, 0.1) is 0 Å². The predicted molar refractivity (Wildman–Crippen MR) is 40.1 cm³/mol. The first-order chi connectivity index (χ1) is 4.41. The molecule has 4 heteroatoms. The Morgan fingerprint density at radius 2 is 2.00 bits per heavy atom. The Labute approximate surface area is 60.8 Å². The van der Waals surface area contributed by atoms with Crippen LogP contribution in [0.3, 0.4) is 0 Å². The molecular formula is C6H11NO2S. The maximum Gasteiger partial charge on any atom is 0.168 e. The molecule has 0 amide bonds. The second-order valence-corrected chi connectivity index (χ2v) is 4.80. The van der Waals surface area contributed by atoms with Crippen molar-refractivity contribution in [1.29, 1.82) is 0 Å². The Morgan fingerprint density at radius 3 is 2.30 bits per heavy atom. The maximum absolute atomic E-state index is 10.6. The number of sulfone groups is 1. The summed E-state index contributed by atoms with van der Waals surface area (Å²) in [6.07, 6.45) is 4.54. The molecular weight excluding hydrogens is 150 g/mol. The first-order valence-corrected chi connectivity index (χ1v) is 5.05. The van der Waals surface area contributed by atoms with Gasteiger partial charge in [0, 0.05) is 17.2 Å². The third kappa shape index (κ3) is 2.49. The second kappa shape index (κ2) is 2.07. The summed E-state index contributed by atoms with van der Waals surface area (Å²) >= 11 is 0. The molecule has 2 N–H and O–H groups in total. The molecule has 58 valence electrons. The Balaban J connectivity index is 2.61. The molecule has 0 radical (unpaired) electrons. The normalized spacial score (nSPS) is 23.4. The van der Waals surface area contributed by atoms with Crippen molar-refractivity contribution >= 4 is 9.84 Å². The van der Waals surface area contributed by atoms with Gasteiger partial charge in [0.15, 0.2) is 9.84 Å². The van der Waals surface area contributed by atoms with Crippen LogP contribution >= 0.6 is 0 Å². The van der Waals surface area contributed by atoms with Gasteiger partial charge in [-0.2, -0.15) is 0 Å². The van der Waals surface area contributed by atoms with Gasteiger partial charge in [0.2, 0.25) is 0 Å². The molecule has 0 saturated heterocycles. The fraction of sp³-hybridized carbons (Fsp3) is 0.667. The first kappa shape index (κ1) is 7.75. The molecule has 1 aliphatic carbocycles. The molecule has 0 atom stereocenters. The average Bonchev–Trinajstić information content (AvgIpc) is 2.43.